The van der Waals surface area contributed by atoms with E-state index in [1.807, 2.05) is 0 Å². The van der Waals surface area contributed by atoms with Gasteiger partial charge in [-0.1, -0.05) is 26.2 Å². The number of rotatable bonds is 5. The van der Waals surface area contributed by atoms with Crippen molar-refractivity contribution in [3.63, 3.8) is 0 Å². The monoisotopic (exact) mass is 253 g/mol. The van der Waals surface area contributed by atoms with E-state index in [0.29, 0.717) is 5.41 Å². The molecule has 0 spiro atoms. The van der Waals surface area contributed by atoms with Crippen molar-refractivity contribution in [1.29, 1.82) is 0 Å². The summed E-state index contributed by atoms with van der Waals surface area (Å²) >= 11 is 0. The van der Waals surface area contributed by atoms with Crippen molar-refractivity contribution in [2.24, 2.45) is 11.1 Å². The summed E-state index contributed by atoms with van der Waals surface area (Å²) < 4.78 is 0. The van der Waals surface area contributed by atoms with Crippen LogP contribution < -0.4 is 5.73 Å². The summed E-state index contributed by atoms with van der Waals surface area (Å²) in [6.45, 7) is 10.7. The number of nitrogens with two attached hydrogens (primary N) is 1. The summed E-state index contributed by atoms with van der Waals surface area (Å²) in [7, 11) is 0. The van der Waals surface area contributed by atoms with Gasteiger partial charge in [0, 0.05) is 32.7 Å². The lowest BCUT2D eigenvalue weighted by Crippen LogP contribution is -2.51. The second kappa shape index (κ2) is 6.88. The topological polar surface area (TPSA) is 32.5 Å². The van der Waals surface area contributed by atoms with Gasteiger partial charge in [0.25, 0.3) is 0 Å². The lowest BCUT2D eigenvalue weighted by molar-refractivity contribution is 0.0670. The highest BCUT2D eigenvalue weighted by Crippen LogP contribution is 2.36. The van der Waals surface area contributed by atoms with Gasteiger partial charge in [0.2, 0.25) is 0 Å². The average molecular weight is 253 g/mol. The van der Waals surface area contributed by atoms with Gasteiger partial charge in [-0.15, -0.1) is 0 Å². The maximum atomic E-state index is 6.09. The molecule has 1 aliphatic heterocycles. The molecule has 0 unspecified atom stereocenters. The van der Waals surface area contributed by atoms with E-state index < -0.39 is 0 Å². The molecule has 0 aromatic rings. The molecule has 3 nitrogen and oxygen atoms in total. The number of hydrogen-bond donors (Lipinski definition) is 1. The average Bonchev–Trinajstić information content (AvgIpc) is 2.42. The lowest BCUT2D eigenvalue weighted by Gasteiger charge is -2.43. The molecule has 0 atom stereocenters. The van der Waals surface area contributed by atoms with Gasteiger partial charge in [0.1, 0.15) is 0 Å². The number of nitrogens with zero attached hydrogens (tertiary/aromatic N) is 2. The zero-order valence-corrected chi connectivity index (χ0v) is 12.2. The Morgan fingerprint density at radius 2 is 1.56 bits per heavy atom. The summed E-state index contributed by atoms with van der Waals surface area (Å²) in [5.41, 5.74) is 6.54. The molecule has 1 saturated carbocycles. The van der Waals surface area contributed by atoms with Gasteiger partial charge in [0.05, 0.1) is 0 Å². The highest BCUT2D eigenvalue weighted by Gasteiger charge is 2.33. The van der Waals surface area contributed by atoms with E-state index in [1.54, 1.807) is 0 Å². The van der Waals surface area contributed by atoms with Gasteiger partial charge in [-0.3, -0.25) is 0 Å². The molecule has 1 aliphatic carbocycles. The Labute approximate surface area is 113 Å². The van der Waals surface area contributed by atoms with Gasteiger partial charge in [-0.05, 0) is 37.8 Å². The van der Waals surface area contributed by atoms with Gasteiger partial charge in [0.15, 0.2) is 0 Å². The van der Waals surface area contributed by atoms with Crippen molar-refractivity contribution in [3.8, 4) is 0 Å². The Balaban J connectivity index is 1.79. The highest BCUT2D eigenvalue weighted by molar-refractivity contribution is 4.88. The minimum Gasteiger partial charge on any atom is -0.330 e. The van der Waals surface area contributed by atoms with E-state index in [4.69, 9.17) is 5.73 Å². The molecule has 2 fully saturated rings. The molecule has 18 heavy (non-hydrogen) atoms. The van der Waals surface area contributed by atoms with Crippen LogP contribution >= 0.6 is 0 Å². The molecule has 0 amide bonds. The van der Waals surface area contributed by atoms with Gasteiger partial charge < -0.3 is 15.5 Å². The van der Waals surface area contributed by atoms with Crippen LogP contribution in [0.15, 0.2) is 0 Å². The summed E-state index contributed by atoms with van der Waals surface area (Å²) in [5, 5.41) is 0. The molecule has 1 saturated heterocycles. The summed E-state index contributed by atoms with van der Waals surface area (Å²) in [4.78, 5) is 5.27. The van der Waals surface area contributed by atoms with Crippen molar-refractivity contribution in [2.45, 2.75) is 45.4 Å². The van der Waals surface area contributed by atoms with Gasteiger partial charge in [-0.2, -0.15) is 0 Å². The minimum atomic E-state index is 0.450. The van der Waals surface area contributed by atoms with E-state index >= 15 is 0 Å². The second-order valence-corrected chi connectivity index (χ2v) is 6.38. The molecule has 0 aromatic carbocycles. The fourth-order valence-electron chi connectivity index (χ4n) is 3.69. The molecule has 0 bridgehead atoms. The van der Waals surface area contributed by atoms with Crippen molar-refractivity contribution in [1.82, 2.24) is 9.80 Å². The van der Waals surface area contributed by atoms with Crippen molar-refractivity contribution >= 4 is 0 Å². The smallest absolute Gasteiger partial charge is 0.0110 e. The molecular formula is C15H31N3. The standard InChI is InChI=1S/C15H31N3/c1-2-8-17-9-11-18(12-10-17)14-15(13-16)6-4-3-5-7-15/h2-14,16H2,1H3. The van der Waals surface area contributed by atoms with Crippen molar-refractivity contribution in [2.75, 3.05) is 45.8 Å². The fourth-order valence-corrected chi connectivity index (χ4v) is 3.69. The predicted molar refractivity (Wildman–Crippen MR) is 77.7 cm³/mol. The normalized spacial score (nSPS) is 26.3. The first-order chi connectivity index (χ1) is 8.78. The van der Waals surface area contributed by atoms with Crippen LogP contribution in [0.25, 0.3) is 0 Å². The predicted octanol–water partition coefficient (Wildman–Crippen LogP) is 1.92. The SMILES string of the molecule is CCCN1CCN(CC2(CN)CCCCC2)CC1. The third kappa shape index (κ3) is 3.69. The van der Waals surface area contributed by atoms with Crippen LogP contribution in [0, 0.1) is 5.41 Å². The second-order valence-electron chi connectivity index (χ2n) is 6.38. The van der Waals surface area contributed by atoms with Crippen LogP contribution in [0.5, 0.6) is 0 Å². The maximum absolute atomic E-state index is 6.09. The van der Waals surface area contributed by atoms with Crippen LogP contribution in [0.1, 0.15) is 45.4 Å². The first-order valence-electron chi connectivity index (χ1n) is 7.93. The molecule has 106 valence electrons. The Morgan fingerprint density at radius 1 is 0.944 bits per heavy atom. The number of hydrogen-bond acceptors (Lipinski definition) is 3. The highest BCUT2D eigenvalue weighted by atomic mass is 15.3. The quantitative estimate of drug-likeness (QED) is 0.812. The summed E-state index contributed by atoms with van der Waals surface area (Å²) in [6.07, 6.45) is 8.22. The Morgan fingerprint density at radius 3 is 2.11 bits per heavy atom. The van der Waals surface area contributed by atoms with Crippen molar-refractivity contribution in [3.05, 3.63) is 0 Å². The number of piperazine rings is 1. The first-order valence-corrected chi connectivity index (χ1v) is 7.93. The minimum absolute atomic E-state index is 0.450. The fraction of sp³-hybridized carbons (Fsp3) is 1.00. The lowest BCUT2D eigenvalue weighted by atomic mass is 9.73. The van der Waals surface area contributed by atoms with Crippen LogP contribution in [-0.2, 0) is 0 Å². The summed E-state index contributed by atoms with van der Waals surface area (Å²) in [5.74, 6) is 0. The van der Waals surface area contributed by atoms with E-state index in [-0.39, 0.29) is 0 Å². The molecule has 3 heteroatoms. The van der Waals surface area contributed by atoms with E-state index in [0.717, 1.165) is 6.54 Å². The van der Waals surface area contributed by atoms with Gasteiger partial charge in [-0.25, -0.2) is 0 Å². The first kappa shape index (κ1) is 14.3. The van der Waals surface area contributed by atoms with E-state index in [2.05, 4.69) is 16.7 Å². The zero-order chi connectivity index (χ0) is 12.8. The Kier molecular flexibility index (Phi) is 5.46. The molecule has 0 aromatic heterocycles. The molecule has 0 radical (unpaired) electrons. The van der Waals surface area contributed by atoms with Crippen LogP contribution in [-0.4, -0.2) is 55.6 Å². The van der Waals surface area contributed by atoms with Crippen LogP contribution in [0.3, 0.4) is 0 Å². The summed E-state index contributed by atoms with van der Waals surface area (Å²) in [6, 6.07) is 0. The Hall–Kier alpha value is -0.120. The molecule has 2 N–H and O–H groups in total. The Bertz CT molecular complexity index is 228. The molecular weight excluding hydrogens is 222 g/mol. The molecule has 1 heterocycles. The van der Waals surface area contributed by atoms with E-state index in [1.165, 1.54) is 77.8 Å². The maximum Gasteiger partial charge on any atom is 0.0110 e. The third-order valence-corrected chi connectivity index (χ3v) is 4.91. The van der Waals surface area contributed by atoms with E-state index in [9.17, 15) is 0 Å². The largest absolute Gasteiger partial charge is 0.330 e. The molecule has 2 aliphatic rings. The van der Waals surface area contributed by atoms with Crippen LogP contribution in [0.4, 0.5) is 0 Å². The van der Waals surface area contributed by atoms with Crippen molar-refractivity contribution < 1.29 is 0 Å². The third-order valence-electron chi connectivity index (χ3n) is 4.91. The van der Waals surface area contributed by atoms with Crippen LogP contribution in [0.2, 0.25) is 0 Å². The molecule has 2 rings (SSSR count). The zero-order valence-electron chi connectivity index (χ0n) is 12.2. The van der Waals surface area contributed by atoms with Gasteiger partial charge >= 0.3 is 0 Å².